The summed E-state index contributed by atoms with van der Waals surface area (Å²) in [5.74, 6) is 0.390. The molecule has 5 nitrogen and oxygen atoms in total. The summed E-state index contributed by atoms with van der Waals surface area (Å²) in [6.07, 6.45) is 3.13. The van der Waals surface area contributed by atoms with Crippen molar-refractivity contribution in [2.45, 2.75) is 43.6 Å². The van der Waals surface area contributed by atoms with E-state index in [9.17, 15) is 9.90 Å². The van der Waals surface area contributed by atoms with Gasteiger partial charge in [0.15, 0.2) is 0 Å². The molecule has 0 unspecified atom stereocenters. The SMILES string of the molecule is CC=C1CN2CC[C@@]34c5ccccc5N5C(=O)[C@H](O)OC[C@@H]([C@@H]1C[C@H]23)[C@H]54. The Morgan fingerprint density at radius 2 is 2.19 bits per heavy atom. The van der Waals surface area contributed by atoms with E-state index in [1.807, 2.05) is 11.0 Å². The molecule has 5 aliphatic rings. The molecule has 4 heterocycles. The van der Waals surface area contributed by atoms with Gasteiger partial charge in [-0.25, -0.2) is 0 Å². The van der Waals surface area contributed by atoms with Gasteiger partial charge in [0.1, 0.15) is 0 Å². The number of benzene rings is 1. The number of aliphatic hydroxyl groups excluding tert-OH is 1. The summed E-state index contributed by atoms with van der Waals surface area (Å²) >= 11 is 0. The molecule has 3 saturated heterocycles. The third-order valence-electron chi connectivity index (χ3n) is 7.85. The van der Waals surface area contributed by atoms with Gasteiger partial charge in [-0.1, -0.05) is 29.8 Å². The third kappa shape index (κ3) is 1.57. The molecule has 2 bridgehead atoms. The largest absolute Gasteiger partial charge is 0.360 e. The minimum Gasteiger partial charge on any atom is -0.360 e. The number of piperidine rings is 1. The first-order valence-electron chi connectivity index (χ1n) is 9.78. The molecule has 0 aromatic heterocycles. The molecule has 1 saturated carbocycles. The lowest BCUT2D eigenvalue weighted by Gasteiger charge is -2.55. The van der Waals surface area contributed by atoms with Gasteiger partial charge in [-0.3, -0.25) is 9.69 Å². The van der Waals surface area contributed by atoms with Crippen LogP contribution in [0.4, 0.5) is 5.69 Å². The van der Waals surface area contributed by atoms with Crippen molar-refractivity contribution in [3.8, 4) is 0 Å². The maximum absolute atomic E-state index is 13.1. The summed E-state index contributed by atoms with van der Waals surface area (Å²) in [4.78, 5) is 17.6. The van der Waals surface area contributed by atoms with Crippen LogP contribution in [0.5, 0.6) is 0 Å². The number of hydrogen-bond acceptors (Lipinski definition) is 4. The number of anilines is 1. The molecule has 1 aromatic rings. The first-order chi connectivity index (χ1) is 12.7. The fourth-order valence-electron chi connectivity index (χ4n) is 6.95. The summed E-state index contributed by atoms with van der Waals surface area (Å²) < 4.78 is 5.66. The van der Waals surface area contributed by atoms with Gasteiger partial charge in [0, 0.05) is 29.6 Å². The average molecular weight is 352 g/mol. The Morgan fingerprint density at radius 1 is 1.35 bits per heavy atom. The van der Waals surface area contributed by atoms with E-state index in [2.05, 4.69) is 36.1 Å². The quantitative estimate of drug-likeness (QED) is 0.722. The van der Waals surface area contributed by atoms with E-state index in [1.54, 1.807) is 0 Å². The van der Waals surface area contributed by atoms with Crippen LogP contribution >= 0.6 is 0 Å². The molecule has 136 valence electrons. The molecule has 4 aliphatic heterocycles. The fraction of sp³-hybridized carbons (Fsp3) is 0.571. The monoisotopic (exact) mass is 352 g/mol. The van der Waals surface area contributed by atoms with E-state index in [-0.39, 0.29) is 23.3 Å². The second kappa shape index (κ2) is 4.97. The second-order valence-corrected chi connectivity index (χ2v) is 8.50. The van der Waals surface area contributed by atoms with E-state index < -0.39 is 6.29 Å². The van der Waals surface area contributed by atoms with Crippen molar-refractivity contribution in [3.63, 3.8) is 0 Å². The lowest BCUT2D eigenvalue weighted by Crippen LogP contribution is -2.65. The molecule has 1 spiro atoms. The Morgan fingerprint density at radius 3 is 3.04 bits per heavy atom. The topological polar surface area (TPSA) is 53.0 Å². The number of amides is 1. The summed E-state index contributed by atoms with van der Waals surface area (Å²) in [6, 6.07) is 8.94. The molecule has 1 aromatic carbocycles. The van der Waals surface area contributed by atoms with Crippen LogP contribution in [0.25, 0.3) is 0 Å². The number of aliphatic hydroxyl groups is 1. The van der Waals surface area contributed by atoms with Gasteiger partial charge in [0.25, 0.3) is 5.91 Å². The van der Waals surface area contributed by atoms with Crippen molar-refractivity contribution in [1.29, 1.82) is 0 Å². The summed E-state index contributed by atoms with van der Waals surface area (Å²) in [7, 11) is 0. The molecule has 4 fully saturated rings. The molecule has 1 aliphatic carbocycles. The van der Waals surface area contributed by atoms with Crippen LogP contribution < -0.4 is 4.90 Å². The van der Waals surface area contributed by atoms with E-state index in [0.29, 0.717) is 18.6 Å². The number of allylic oxidation sites excluding steroid dienone is 1. The first kappa shape index (κ1) is 15.4. The zero-order valence-corrected chi connectivity index (χ0v) is 15.0. The number of hydrogen-bond donors (Lipinski definition) is 1. The Bertz CT molecular complexity index is 836. The van der Waals surface area contributed by atoms with Gasteiger partial charge in [0.05, 0.1) is 12.6 Å². The molecule has 26 heavy (non-hydrogen) atoms. The number of fused-ring (bicyclic) bond motifs is 4. The van der Waals surface area contributed by atoms with Crippen molar-refractivity contribution in [3.05, 3.63) is 41.5 Å². The van der Waals surface area contributed by atoms with Crippen molar-refractivity contribution < 1.29 is 14.6 Å². The van der Waals surface area contributed by atoms with Crippen molar-refractivity contribution in [2.75, 3.05) is 24.6 Å². The summed E-state index contributed by atoms with van der Waals surface area (Å²) in [5, 5.41) is 10.3. The standard InChI is InChI=1S/C21H24N2O3/c1-2-12-10-22-8-7-21-15-5-3-4-6-16(15)23-18(21)14(13(12)9-17(21)22)11-26-20(25)19(23)24/h2-6,13-14,17-18,20,25H,7-11H2,1H3/t13-,14+,17+,18+,20-,21-/m1/s1. The minimum atomic E-state index is -1.35. The molecule has 5 heteroatoms. The minimum absolute atomic E-state index is 0.0138. The van der Waals surface area contributed by atoms with Gasteiger partial charge in [-0.2, -0.15) is 0 Å². The number of rotatable bonds is 0. The van der Waals surface area contributed by atoms with Crippen LogP contribution in [0.2, 0.25) is 0 Å². The predicted molar refractivity (Wildman–Crippen MR) is 96.7 cm³/mol. The lowest BCUT2D eigenvalue weighted by atomic mass is 9.55. The first-order valence-corrected chi connectivity index (χ1v) is 9.78. The van der Waals surface area contributed by atoms with Crippen LogP contribution in [-0.4, -0.2) is 54.0 Å². The zero-order chi connectivity index (χ0) is 17.6. The zero-order valence-electron chi connectivity index (χ0n) is 15.0. The van der Waals surface area contributed by atoms with Gasteiger partial charge in [-0.15, -0.1) is 0 Å². The Kier molecular flexibility index (Phi) is 2.94. The average Bonchev–Trinajstić information content (AvgIpc) is 3.16. The highest BCUT2D eigenvalue weighted by atomic mass is 16.6. The number of ether oxygens (including phenoxy) is 1. The molecular weight excluding hydrogens is 328 g/mol. The highest BCUT2D eigenvalue weighted by Gasteiger charge is 2.69. The smallest absolute Gasteiger partial charge is 0.284 e. The molecule has 6 atom stereocenters. The van der Waals surface area contributed by atoms with Crippen LogP contribution in [0.3, 0.4) is 0 Å². The molecule has 0 radical (unpaired) electrons. The van der Waals surface area contributed by atoms with Gasteiger partial charge >= 0.3 is 0 Å². The van der Waals surface area contributed by atoms with Crippen molar-refractivity contribution in [2.24, 2.45) is 11.8 Å². The Labute approximate surface area is 153 Å². The fourth-order valence-corrected chi connectivity index (χ4v) is 6.95. The third-order valence-corrected chi connectivity index (χ3v) is 7.85. The Balaban J connectivity index is 1.64. The molecule has 1 amide bonds. The number of nitrogens with zero attached hydrogens (tertiary/aromatic N) is 2. The van der Waals surface area contributed by atoms with Crippen LogP contribution in [0.1, 0.15) is 25.3 Å². The van der Waals surface area contributed by atoms with Gasteiger partial charge in [0.2, 0.25) is 6.29 Å². The number of carbonyl (C=O) groups is 1. The molecule has 1 N–H and O–H groups in total. The van der Waals surface area contributed by atoms with E-state index in [0.717, 1.165) is 31.6 Å². The maximum Gasteiger partial charge on any atom is 0.284 e. The highest BCUT2D eigenvalue weighted by molar-refractivity contribution is 5.99. The normalized spacial score (nSPS) is 44.8. The maximum atomic E-state index is 13.1. The highest BCUT2D eigenvalue weighted by Crippen LogP contribution is 2.63. The molecular formula is C21H24N2O3. The lowest BCUT2D eigenvalue weighted by molar-refractivity contribution is -0.154. The van der Waals surface area contributed by atoms with E-state index in [4.69, 9.17) is 4.74 Å². The van der Waals surface area contributed by atoms with Crippen molar-refractivity contribution >= 4 is 11.6 Å². The number of para-hydroxylation sites is 1. The molecule has 6 rings (SSSR count). The summed E-state index contributed by atoms with van der Waals surface area (Å²) in [5.41, 5.74) is 3.77. The van der Waals surface area contributed by atoms with Gasteiger partial charge < -0.3 is 14.7 Å². The van der Waals surface area contributed by atoms with Crippen molar-refractivity contribution in [1.82, 2.24) is 4.90 Å². The van der Waals surface area contributed by atoms with Gasteiger partial charge in [-0.05, 0) is 43.9 Å². The van der Waals surface area contributed by atoms with E-state index >= 15 is 0 Å². The number of carbonyl (C=O) groups excluding carboxylic acids is 1. The predicted octanol–water partition coefficient (Wildman–Crippen LogP) is 1.66. The summed E-state index contributed by atoms with van der Waals surface area (Å²) in [6.45, 7) is 4.71. The van der Waals surface area contributed by atoms with Crippen LogP contribution in [-0.2, 0) is 14.9 Å². The van der Waals surface area contributed by atoms with Crippen LogP contribution in [0, 0.1) is 11.8 Å². The van der Waals surface area contributed by atoms with Crippen LogP contribution in [0.15, 0.2) is 35.9 Å². The second-order valence-electron chi connectivity index (χ2n) is 8.50. The van der Waals surface area contributed by atoms with E-state index in [1.165, 1.54) is 11.1 Å². The Hall–Kier alpha value is -1.69.